The quantitative estimate of drug-likeness (QED) is 0.813. The monoisotopic (exact) mass is 267 g/mol. The Kier molecular flexibility index (Phi) is 4.94. The maximum absolute atomic E-state index is 6.49. The molecule has 0 aromatic heterocycles. The molecule has 2 heteroatoms. The summed E-state index contributed by atoms with van der Waals surface area (Å²) in [6, 6.07) is 0.660. The van der Waals surface area contributed by atoms with E-state index in [4.69, 9.17) is 4.74 Å². The van der Waals surface area contributed by atoms with Crippen molar-refractivity contribution in [2.45, 2.75) is 85.0 Å². The van der Waals surface area contributed by atoms with E-state index in [1.807, 2.05) is 0 Å². The number of hydrogen-bond acceptors (Lipinski definition) is 2. The minimum absolute atomic E-state index is 0.350. The van der Waals surface area contributed by atoms with Gasteiger partial charge in [-0.25, -0.2) is 0 Å². The number of rotatable bonds is 5. The first-order valence-electron chi connectivity index (χ1n) is 8.40. The Morgan fingerprint density at radius 1 is 1.11 bits per heavy atom. The summed E-state index contributed by atoms with van der Waals surface area (Å²) in [7, 11) is 0. The lowest BCUT2D eigenvalue weighted by molar-refractivity contribution is -0.167. The Morgan fingerprint density at radius 2 is 1.84 bits per heavy atom. The van der Waals surface area contributed by atoms with Gasteiger partial charge in [0.15, 0.2) is 0 Å². The summed E-state index contributed by atoms with van der Waals surface area (Å²) in [5, 5.41) is 3.63. The molecular formula is C17H33NO. The van der Waals surface area contributed by atoms with E-state index in [0.29, 0.717) is 23.7 Å². The number of hydrogen-bond donors (Lipinski definition) is 1. The Labute approximate surface area is 119 Å². The molecule has 0 saturated heterocycles. The van der Waals surface area contributed by atoms with Crippen molar-refractivity contribution in [2.24, 2.45) is 17.3 Å². The highest BCUT2D eigenvalue weighted by Crippen LogP contribution is 2.47. The highest BCUT2D eigenvalue weighted by atomic mass is 16.5. The van der Waals surface area contributed by atoms with Crippen molar-refractivity contribution in [3.63, 3.8) is 0 Å². The largest absolute Gasteiger partial charge is 0.374 e. The fourth-order valence-electron chi connectivity index (χ4n) is 3.92. The van der Waals surface area contributed by atoms with Crippen LogP contribution in [0.3, 0.4) is 0 Å². The first kappa shape index (κ1) is 15.3. The SMILES string of the molecule is CCNC1CC(OC2CCC(C)C(C)C2)C1(C)CC. The number of ether oxygens (including phenoxy) is 1. The predicted molar refractivity (Wildman–Crippen MR) is 81.3 cm³/mol. The molecule has 0 spiro atoms. The third-order valence-electron chi connectivity index (χ3n) is 6.10. The summed E-state index contributed by atoms with van der Waals surface area (Å²) in [4.78, 5) is 0. The van der Waals surface area contributed by atoms with Crippen LogP contribution in [-0.2, 0) is 4.74 Å². The van der Waals surface area contributed by atoms with E-state index in [-0.39, 0.29) is 0 Å². The van der Waals surface area contributed by atoms with Gasteiger partial charge in [-0.05, 0) is 50.5 Å². The highest BCUT2D eigenvalue weighted by Gasteiger charge is 2.51. The molecule has 0 bridgehead atoms. The van der Waals surface area contributed by atoms with Gasteiger partial charge in [-0.1, -0.05) is 34.6 Å². The van der Waals surface area contributed by atoms with Crippen molar-refractivity contribution in [3.05, 3.63) is 0 Å². The van der Waals surface area contributed by atoms with Crippen LogP contribution in [0.4, 0.5) is 0 Å². The Morgan fingerprint density at radius 3 is 2.42 bits per heavy atom. The average Bonchev–Trinajstić information content (AvgIpc) is 2.40. The van der Waals surface area contributed by atoms with Crippen molar-refractivity contribution >= 4 is 0 Å². The molecule has 112 valence electrons. The average molecular weight is 267 g/mol. The molecule has 2 nitrogen and oxygen atoms in total. The van der Waals surface area contributed by atoms with Gasteiger partial charge in [0.05, 0.1) is 12.2 Å². The summed E-state index contributed by atoms with van der Waals surface area (Å²) in [6.07, 6.45) is 7.30. The number of nitrogens with one attached hydrogen (secondary N) is 1. The van der Waals surface area contributed by atoms with Crippen LogP contribution < -0.4 is 5.32 Å². The van der Waals surface area contributed by atoms with Crippen LogP contribution >= 0.6 is 0 Å². The van der Waals surface area contributed by atoms with Crippen LogP contribution in [0, 0.1) is 17.3 Å². The summed E-state index contributed by atoms with van der Waals surface area (Å²) in [5.74, 6) is 1.71. The zero-order valence-electron chi connectivity index (χ0n) is 13.5. The highest BCUT2D eigenvalue weighted by molar-refractivity contribution is 5.05. The van der Waals surface area contributed by atoms with Gasteiger partial charge in [0.1, 0.15) is 0 Å². The minimum atomic E-state index is 0.350. The molecule has 19 heavy (non-hydrogen) atoms. The zero-order chi connectivity index (χ0) is 14.0. The van der Waals surface area contributed by atoms with Crippen molar-refractivity contribution in [1.29, 1.82) is 0 Å². The second kappa shape index (κ2) is 6.13. The van der Waals surface area contributed by atoms with E-state index < -0.39 is 0 Å². The van der Waals surface area contributed by atoms with Crippen LogP contribution in [-0.4, -0.2) is 24.8 Å². The van der Waals surface area contributed by atoms with E-state index in [0.717, 1.165) is 18.4 Å². The lowest BCUT2D eigenvalue weighted by Crippen LogP contribution is -2.62. The van der Waals surface area contributed by atoms with Crippen LogP contribution in [0.1, 0.15) is 66.7 Å². The lowest BCUT2D eigenvalue weighted by Gasteiger charge is -2.55. The first-order valence-corrected chi connectivity index (χ1v) is 8.40. The summed E-state index contributed by atoms with van der Waals surface area (Å²) in [6.45, 7) is 12.8. The van der Waals surface area contributed by atoms with E-state index in [1.165, 1.54) is 32.1 Å². The van der Waals surface area contributed by atoms with Crippen molar-refractivity contribution < 1.29 is 4.74 Å². The van der Waals surface area contributed by atoms with E-state index in [1.54, 1.807) is 0 Å². The van der Waals surface area contributed by atoms with Crippen molar-refractivity contribution in [2.75, 3.05) is 6.54 Å². The van der Waals surface area contributed by atoms with Crippen LogP contribution in [0.2, 0.25) is 0 Å². The van der Waals surface area contributed by atoms with E-state index >= 15 is 0 Å². The fourth-order valence-corrected chi connectivity index (χ4v) is 3.92. The molecule has 0 heterocycles. The maximum atomic E-state index is 6.49. The molecule has 2 saturated carbocycles. The molecule has 0 aromatic rings. The molecule has 1 N–H and O–H groups in total. The smallest absolute Gasteiger partial charge is 0.0662 e. The standard InChI is InChI=1S/C17H33NO/c1-6-17(5)15(18-7-2)11-16(17)19-14-9-8-12(3)13(4)10-14/h12-16,18H,6-11H2,1-5H3. The fraction of sp³-hybridized carbons (Fsp3) is 1.00. The van der Waals surface area contributed by atoms with Gasteiger partial charge in [-0.2, -0.15) is 0 Å². The molecule has 0 aliphatic heterocycles. The molecule has 0 radical (unpaired) electrons. The molecule has 2 rings (SSSR count). The van der Waals surface area contributed by atoms with Gasteiger partial charge in [0.25, 0.3) is 0 Å². The third-order valence-corrected chi connectivity index (χ3v) is 6.10. The zero-order valence-corrected chi connectivity index (χ0v) is 13.5. The predicted octanol–water partition coefficient (Wildman–Crippen LogP) is 3.99. The summed E-state index contributed by atoms with van der Waals surface area (Å²) < 4.78 is 6.49. The van der Waals surface area contributed by atoms with Crippen LogP contribution in [0.5, 0.6) is 0 Å². The Hall–Kier alpha value is -0.0800. The van der Waals surface area contributed by atoms with Gasteiger partial charge in [-0.3, -0.25) is 0 Å². The maximum Gasteiger partial charge on any atom is 0.0662 e. The first-order chi connectivity index (χ1) is 9.01. The Balaban J connectivity index is 1.87. The van der Waals surface area contributed by atoms with Gasteiger partial charge in [0.2, 0.25) is 0 Å². The Bertz CT molecular complexity index is 293. The van der Waals surface area contributed by atoms with E-state index in [2.05, 4.69) is 39.9 Å². The molecular weight excluding hydrogens is 234 g/mol. The second-order valence-electron chi connectivity index (χ2n) is 7.22. The summed E-state index contributed by atoms with van der Waals surface area (Å²) in [5.41, 5.74) is 0.350. The topological polar surface area (TPSA) is 21.3 Å². The normalized spacial score (nSPS) is 46.9. The third kappa shape index (κ3) is 3.00. The molecule has 0 amide bonds. The van der Waals surface area contributed by atoms with Crippen LogP contribution in [0.15, 0.2) is 0 Å². The minimum Gasteiger partial charge on any atom is -0.374 e. The molecule has 6 atom stereocenters. The van der Waals surface area contributed by atoms with Crippen molar-refractivity contribution in [3.8, 4) is 0 Å². The lowest BCUT2D eigenvalue weighted by atomic mass is 9.61. The molecule has 2 fully saturated rings. The van der Waals surface area contributed by atoms with Crippen molar-refractivity contribution in [1.82, 2.24) is 5.32 Å². The van der Waals surface area contributed by atoms with Gasteiger partial charge < -0.3 is 10.1 Å². The van der Waals surface area contributed by atoms with Gasteiger partial charge in [-0.15, -0.1) is 0 Å². The van der Waals surface area contributed by atoms with E-state index in [9.17, 15) is 0 Å². The van der Waals surface area contributed by atoms with Gasteiger partial charge >= 0.3 is 0 Å². The van der Waals surface area contributed by atoms with Crippen LogP contribution in [0.25, 0.3) is 0 Å². The second-order valence-corrected chi connectivity index (χ2v) is 7.22. The molecule has 0 aromatic carbocycles. The molecule has 2 aliphatic carbocycles. The van der Waals surface area contributed by atoms with Gasteiger partial charge in [0, 0.05) is 11.5 Å². The molecule has 2 aliphatic rings. The molecule has 6 unspecified atom stereocenters. The summed E-state index contributed by atoms with van der Waals surface area (Å²) >= 11 is 0.